The molecule has 0 radical (unpaired) electrons. The lowest BCUT2D eigenvalue weighted by molar-refractivity contribution is 1.15. The molecule has 61 heavy (non-hydrogen) atoms. The van der Waals surface area contributed by atoms with Crippen LogP contribution in [0.5, 0.6) is 0 Å². The Bertz CT molecular complexity index is 3010. The maximum absolute atomic E-state index is 5.46. The third-order valence-electron chi connectivity index (χ3n) is 11.1. The number of hydrogen-bond donors (Lipinski definition) is 0. The second-order valence-electron chi connectivity index (χ2n) is 14.9. The average molecular weight is 804 g/mol. The molecular formula is C57H45N3S. The molecule has 0 unspecified atom stereocenters. The number of rotatable bonds is 12. The Labute approximate surface area is 362 Å². The van der Waals surface area contributed by atoms with Crippen LogP contribution in [0.2, 0.25) is 0 Å². The SMILES string of the molecule is C=C(/C(=C\C)c1ccccc1)N(C(=C)/C(=C\CC)c1ccccc1)c1c(-c2ccccc2)cc(-c2nc(-c3ccccc3)nc3c2sc2ccccc23)cc1-c1ccccc1. The van der Waals surface area contributed by atoms with Crippen molar-refractivity contribution < 1.29 is 0 Å². The maximum atomic E-state index is 5.46. The first-order valence-corrected chi connectivity index (χ1v) is 21.6. The van der Waals surface area contributed by atoms with Gasteiger partial charge in [-0.25, -0.2) is 9.97 Å². The molecule has 0 spiro atoms. The second-order valence-corrected chi connectivity index (χ2v) is 15.9. The highest BCUT2D eigenvalue weighted by atomic mass is 32.1. The molecule has 3 nitrogen and oxygen atoms in total. The van der Waals surface area contributed by atoms with Crippen LogP contribution in [-0.2, 0) is 0 Å². The van der Waals surface area contributed by atoms with Crippen molar-refractivity contribution in [3.05, 3.63) is 236 Å². The Balaban J connectivity index is 1.40. The summed E-state index contributed by atoms with van der Waals surface area (Å²) < 4.78 is 2.23. The van der Waals surface area contributed by atoms with Crippen LogP contribution >= 0.6 is 11.3 Å². The quantitative estimate of drug-likeness (QED) is 0.115. The van der Waals surface area contributed by atoms with E-state index in [-0.39, 0.29) is 0 Å². The fraction of sp³-hybridized carbons (Fsp3) is 0.0526. The predicted molar refractivity (Wildman–Crippen MR) is 262 cm³/mol. The van der Waals surface area contributed by atoms with Crippen LogP contribution in [0.25, 0.3) is 76.3 Å². The van der Waals surface area contributed by atoms with Crippen molar-refractivity contribution in [2.75, 3.05) is 4.90 Å². The van der Waals surface area contributed by atoms with Gasteiger partial charge in [0.1, 0.15) is 0 Å². The van der Waals surface area contributed by atoms with E-state index < -0.39 is 0 Å². The number of anilines is 1. The molecule has 7 aromatic carbocycles. The largest absolute Gasteiger partial charge is 0.309 e. The van der Waals surface area contributed by atoms with Crippen LogP contribution in [0.4, 0.5) is 5.69 Å². The maximum Gasteiger partial charge on any atom is 0.160 e. The molecule has 0 aliphatic rings. The van der Waals surface area contributed by atoms with E-state index in [9.17, 15) is 0 Å². The van der Waals surface area contributed by atoms with Gasteiger partial charge in [0.2, 0.25) is 0 Å². The van der Waals surface area contributed by atoms with Gasteiger partial charge in [-0.15, -0.1) is 11.3 Å². The molecular weight excluding hydrogens is 759 g/mol. The molecule has 0 N–H and O–H groups in total. The molecule has 2 heterocycles. The topological polar surface area (TPSA) is 29.0 Å². The minimum Gasteiger partial charge on any atom is -0.309 e. The molecule has 0 amide bonds. The van der Waals surface area contributed by atoms with Gasteiger partial charge in [-0.1, -0.05) is 202 Å². The van der Waals surface area contributed by atoms with Gasteiger partial charge >= 0.3 is 0 Å². The Morgan fingerprint density at radius 3 is 1.57 bits per heavy atom. The second kappa shape index (κ2) is 17.4. The zero-order valence-electron chi connectivity index (χ0n) is 34.4. The lowest BCUT2D eigenvalue weighted by Gasteiger charge is -2.35. The van der Waals surface area contributed by atoms with E-state index in [4.69, 9.17) is 23.1 Å². The Morgan fingerprint density at radius 2 is 1.03 bits per heavy atom. The van der Waals surface area contributed by atoms with Crippen molar-refractivity contribution >= 4 is 48.5 Å². The molecule has 0 saturated heterocycles. The standard InChI is InChI=1S/C57H45N3S/c1-5-24-48(42-27-14-8-15-28-42)40(4)60(39(3)47(6-2)41-25-12-7-13-26-41)55-50(43-29-16-9-17-30-43)37-46(38-51(55)44-31-18-10-19-32-44)53-56-54(49-35-22-23-36-52(49)61-56)59-57(58-53)45-33-20-11-21-34-45/h6-38H,3-5H2,1-2H3/b47-6+,48-24+. The van der Waals surface area contributed by atoms with Crippen LogP contribution in [0.3, 0.4) is 0 Å². The summed E-state index contributed by atoms with van der Waals surface area (Å²) in [6.45, 7) is 14.2. The van der Waals surface area contributed by atoms with Gasteiger partial charge in [-0.05, 0) is 53.8 Å². The van der Waals surface area contributed by atoms with Gasteiger partial charge in [0.05, 0.1) is 21.6 Å². The summed E-state index contributed by atoms with van der Waals surface area (Å²) in [5.41, 5.74) is 14.9. The summed E-state index contributed by atoms with van der Waals surface area (Å²) in [6, 6.07) is 65.9. The summed E-state index contributed by atoms with van der Waals surface area (Å²) in [4.78, 5) is 13.0. The molecule has 2 aromatic heterocycles. The van der Waals surface area contributed by atoms with Gasteiger partial charge in [-0.3, -0.25) is 0 Å². The van der Waals surface area contributed by atoms with Crippen molar-refractivity contribution in [3.63, 3.8) is 0 Å². The molecule has 0 atom stereocenters. The fourth-order valence-electron chi connectivity index (χ4n) is 8.21. The van der Waals surface area contributed by atoms with E-state index in [1.807, 2.05) is 18.2 Å². The first-order chi connectivity index (χ1) is 30.0. The minimum absolute atomic E-state index is 0.694. The van der Waals surface area contributed by atoms with Crippen LogP contribution < -0.4 is 4.90 Å². The first kappa shape index (κ1) is 39.1. The van der Waals surface area contributed by atoms with Crippen LogP contribution in [0, 0.1) is 0 Å². The van der Waals surface area contributed by atoms with E-state index in [0.29, 0.717) is 5.82 Å². The van der Waals surface area contributed by atoms with E-state index >= 15 is 0 Å². The van der Waals surface area contributed by atoms with Crippen molar-refractivity contribution in [3.8, 4) is 44.9 Å². The third kappa shape index (κ3) is 7.66. The Hall–Kier alpha value is -7.40. The smallest absolute Gasteiger partial charge is 0.160 e. The molecule has 0 bridgehead atoms. The summed E-state index contributed by atoms with van der Waals surface area (Å²) in [7, 11) is 0. The lowest BCUT2D eigenvalue weighted by atomic mass is 9.89. The Kier molecular flexibility index (Phi) is 11.2. The molecule has 9 aromatic rings. The average Bonchev–Trinajstić information content (AvgIpc) is 3.71. The highest BCUT2D eigenvalue weighted by molar-refractivity contribution is 7.26. The van der Waals surface area contributed by atoms with Gasteiger partial charge in [0.15, 0.2) is 5.82 Å². The molecule has 4 heteroatoms. The molecule has 0 saturated carbocycles. The highest BCUT2D eigenvalue weighted by Gasteiger charge is 2.29. The van der Waals surface area contributed by atoms with Crippen molar-refractivity contribution in [1.82, 2.24) is 9.97 Å². The van der Waals surface area contributed by atoms with E-state index in [1.54, 1.807) is 11.3 Å². The predicted octanol–water partition coefficient (Wildman–Crippen LogP) is 15.9. The third-order valence-corrected chi connectivity index (χ3v) is 12.2. The highest BCUT2D eigenvalue weighted by Crippen LogP contribution is 2.50. The van der Waals surface area contributed by atoms with E-state index in [2.05, 4.69) is 201 Å². The van der Waals surface area contributed by atoms with Gasteiger partial charge in [0.25, 0.3) is 0 Å². The first-order valence-electron chi connectivity index (χ1n) is 20.7. The molecule has 0 aliphatic heterocycles. The molecule has 294 valence electrons. The van der Waals surface area contributed by atoms with Crippen LogP contribution in [-0.4, -0.2) is 9.97 Å². The van der Waals surface area contributed by atoms with Gasteiger partial charge < -0.3 is 4.90 Å². The number of fused-ring (bicyclic) bond motifs is 3. The zero-order chi connectivity index (χ0) is 41.7. The Morgan fingerprint density at radius 1 is 0.557 bits per heavy atom. The molecule has 9 rings (SSSR count). The van der Waals surface area contributed by atoms with Crippen molar-refractivity contribution in [1.29, 1.82) is 0 Å². The summed E-state index contributed by atoms with van der Waals surface area (Å²) in [5.74, 6) is 0.694. The van der Waals surface area contributed by atoms with Crippen LogP contribution in [0.1, 0.15) is 31.4 Å². The molecule has 0 aliphatic carbocycles. The van der Waals surface area contributed by atoms with Crippen molar-refractivity contribution in [2.45, 2.75) is 20.3 Å². The van der Waals surface area contributed by atoms with Crippen LogP contribution in [0.15, 0.2) is 225 Å². The monoisotopic (exact) mass is 803 g/mol. The number of nitrogens with zero attached hydrogens (tertiary/aromatic N) is 3. The fourth-order valence-corrected chi connectivity index (χ4v) is 9.36. The van der Waals surface area contributed by atoms with E-state index in [0.717, 1.165) is 100 Å². The van der Waals surface area contributed by atoms with E-state index in [1.165, 1.54) is 4.70 Å². The summed E-state index contributed by atoms with van der Waals surface area (Å²) >= 11 is 1.74. The van der Waals surface area contributed by atoms with Gasteiger partial charge in [-0.2, -0.15) is 0 Å². The van der Waals surface area contributed by atoms with Gasteiger partial charge in [0, 0.05) is 54.9 Å². The number of benzene rings is 7. The number of hydrogen-bond acceptors (Lipinski definition) is 4. The zero-order valence-corrected chi connectivity index (χ0v) is 35.2. The summed E-state index contributed by atoms with van der Waals surface area (Å²) in [5, 5.41) is 1.13. The number of aromatic nitrogens is 2. The van der Waals surface area contributed by atoms with Crippen molar-refractivity contribution in [2.24, 2.45) is 0 Å². The lowest BCUT2D eigenvalue weighted by Crippen LogP contribution is -2.24. The summed E-state index contributed by atoms with van der Waals surface area (Å²) in [6.07, 6.45) is 5.27. The minimum atomic E-state index is 0.694. The molecule has 0 fully saturated rings. The number of allylic oxidation sites excluding steroid dienone is 4. The normalized spacial score (nSPS) is 11.8. The number of thiophene rings is 1.